The van der Waals surface area contributed by atoms with Crippen LogP contribution in [0.3, 0.4) is 0 Å². The van der Waals surface area contributed by atoms with Gasteiger partial charge < -0.3 is 10.1 Å². The lowest BCUT2D eigenvalue weighted by Crippen LogP contribution is -2.54. The van der Waals surface area contributed by atoms with E-state index in [4.69, 9.17) is 4.74 Å². The average Bonchev–Trinajstić information content (AvgIpc) is 3.07. The zero-order valence-corrected chi connectivity index (χ0v) is 13.7. The molecule has 2 atom stereocenters. The first-order chi connectivity index (χ1) is 10.1. The van der Waals surface area contributed by atoms with Crippen molar-refractivity contribution in [2.75, 3.05) is 19.4 Å². The molecule has 0 saturated heterocycles. The van der Waals surface area contributed by atoms with E-state index in [9.17, 15) is 4.79 Å². The summed E-state index contributed by atoms with van der Waals surface area (Å²) in [6.45, 7) is 2.27. The highest BCUT2D eigenvalue weighted by atomic mass is 32.2. The monoisotopic (exact) mass is 313 g/mol. The van der Waals surface area contributed by atoms with Gasteiger partial charge in [-0.3, -0.25) is 4.79 Å². The van der Waals surface area contributed by atoms with Crippen LogP contribution in [0.25, 0.3) is 0 Å². The third-order valence-corrected chi connectivity index (χ3v) is 5.23. The topological polar surface area (TPSA) is 81.9 Å². The number of thioether (sulfide) groups is 1. The van der Waals surface area contributed by atoms with Crippen LogP contribution in [0.1, 0.15) is 32.6 Å². The van der Waals surface area contributed by atoms with E-state index in [1.807, 2.05) is 21.0 Å². The van der Waals surface area contributed by atoms with Gasteiger partial charge in [-0.1, -0.05) is 18.2 Å². The van der Waals surface area contributed by atoms with Gasteiger partial charge in [-0.05, 0) is 49.6 Å². The Labute approximate surface area is 129 Å². The fourth-order valence-corrected chi connectivity index (χ4v) is 3.97. The van der Waals surface area contributed by atoms with Gasteiger partial charge in [-0.15, -0.1) is 5.10 Å². The number of rotatable bonds is 7. The maximum Gasteiger partial charge on any atom is 0.326 e. The minimum Gasteiger partial charge on any atom is -0.465 e. The SMILES string of the molecule is CCOC(=O)C1(NC)CCCC1CCSc1nnnn1C. The largest absolute Gasteiger partial charge is 0.465 e. The average molecular weight is 313 g/mol. The summed E-state index contributed by atoms with van der Waals surface area (Å²) in [5.74, 6) is 1.08. The third-order valence-electron chi connectivity index (χ3n) is 4.19. The quantitative estimate of drug-likeness (QED) is 0.594. The molecule has 118 valence electrons. The molecule has 1 aliphatic carbocycles. The smallest absolute Gasteiger partial charge is 0.326 e. The number of likely N-dealkylation sites (N-methyl/N-ethyl adjacent to an activating group) is 1. The molecule has 0 spiro atoms. The maximum atomic E-state index is 12.3. The second kappa shape index (κ2) is 7.22. The maximum absolute atomic E-state index is 12.3. The van der Waals surface area contributed by atoms with Gasteiger partial charge in [0.25, 0.3) is 0 Å². The summed E-state index contributed by atoms with van der Waals surface area (Å²) in [4.78, 5) is 12.3. The molecule has 8 heteroatoms. The molecule has 1 aliphatic rings. The lowest BCUT2D eigenvalue weighted by Gasteiger charge is -2.32. The number of carbonyl (C=O) groups excluding carboxylic acids is 1. The highest BCUT2D eigenvalue weighted by Crippen LogP contribution is 2.39. The van der Waals surface area contributed by atoms with Crippen LogP contribution in [-0.2, 0) is 16.6 Å². The molecule has 2 rings (SSSR count). The fraction of sp³-hybridized carbons (Fsp3) is 0.846. The lowest BCUT2D eigenvalue weighted by molar-refractivity contribution is -0.152. The lowest BCUT2D eigenvalue weighted by atomic mass is 9.85. The molecule has 0 radical (unpaired) electrons. The predicted molar refractivity (Wildman–Crippen MR) is 79.9 cm³/mol. The van der Waals surface area contributed by atoms with Crippen molar-refractivity contribution >= 4 is 17.7 Å². The van der Waals surface area contributed by atoms with Crippen molar-refractivity contribution in [3.05, 3.63) is 0 Å². The predicted octanol–water partition coefficient (Wildman–Crippen LogP) is 1.01. The number of nitrogens with zero attached hydrogens (tertiary/aromatic N) is 4. The van der Waals surface area contributed by atoms with Crippen LogP contribution in [0.5, 0.6) is 0 Å². The highest BCUT2D eigenvalue weighted by Gasteiger charge is 2.48. The van der Waals surface area contributed by atoms with E-state index in [2.05, 4.69) is 20.8 Å². The van der Waals surface area contributed by atoms with Gasteiger partial charge in [-0.2, -0.15) is 0 Å². The molecule has 1 N–H and O–H groups in total. The van der Waals surface area contributed by atoms with Crippen molar-refractivity contribution in [2.24, 2.45) is 13.0 Å². The Kier molecular flexibility index (Phi) is 5.58. The van der Waals surface area contributed by atoms with E-state index < -0.39 is 5.54 Å². The molecule has 1 fully saturated rings. The molecule has 0 aromatic carbocycles. The summed E-state index contributed by atoms with van der Waals surface area (Å²) in [6.07, 6.45) is 3.90. The number of aryl methyl sites for hydroxylation is 1. The Morgan fingerprint density at radius 2 is 2.43 bits per heavy atom. The minimum absolute atomic E-state index is 0.111. The van der Waals surface area contributed by atoms with E-state index in [0.717, 1.165) is 36.6 Å². The number of aromatic nitrogens is 4. The molecule has 1 saturated carbocycles. The van der Waals surface area contributed by atoms with Crippen LogP contribution in [0.2, 0.25) is 0 Å². The molecule has 7 nitrogen and oxygen atoms in total. The number of hydrogen-bond donors (Lipinski definition) is 1. The van der Waals surface area contributed by atoms with Gasteiger partial charge in [0.1, 0.15) is 5.54 Å². The van der Waals surface area contributed by atoms with Crippen molar-refractivity contribution in [2.45, 2.75) is 43.3 Å². The molecule has 0 aliphatic heterocycles. The summed E-state index contributed by atoms with van der Waals surface area (Å²) >= 11 is 1.62. The van der Waals surface area contributed by atoms with Crippen molar-refractivity contribution in [3.63, 3.8) is 0 Å². The summed E-state index contributed by atoms with van der Waals surface area (Å²) in [6, 6.07) is 0. The van der Waals surface area contributed by atoms with Crippen LogP contribution in [0, 0.1) is 5.92 Å². The van der Waals surface area contributed by atoms with Gasteiger partial charge in [0.05, 0.1) is 6.61 Å². The summed E-state index contributed by atoms with van der Waals surface area (Å²) in [5, 5.41) is 15.4. The summed E-state index contributed by atoms with van der Waals surface area (Å²) in [5.41, 5.74) is -0.519. The number of nitrogens with one attached hydrogen (secondary N) is 1. The van der Waals surface area contributed by atoms with E-state index in [1.54, 1.807) is 16.4 Å². The molecule has 2 unspecified atom stereocenters. The van der Waals surface area contributed by atoms with Crippen LogP contribution in [0.15, 0.2) is 5.16 Å². The van der Waals surface area contributed by atoms with Gasteiger partial charge in [0.15, 0.2) is 0 Å². The van der Waals surface area contributed by atoms with E-state index >= 15 is 0 Å². The van der Waals surface area contributed by atoms with Gasteiger partial charge >= 0.3 is 5.97 Å². The van der Waals surface area contributed by atoms with Crippen molar-refractivity contribution < 1.29 is 9.53 Å². The van der Waals surface area contributed by atoms with Crippen LogP contribution in [-0.4, -0.2) is 51.1 Å². The zero-order valence-electron chi connectivity index (χ0n) is 12.8. The first-order valence-corrected chi connectivity index (χ1v) is 8.34. The molecule has 1 aromatic rings. The highest BCUT2D eigenvalue weighted by molar-refractivity contribution is 7.99. The number of ether oxygens (including phenoxy) is 1. The Morgan fingerprint density at radius 3 is 3.05 bits per heavy atom. The molecular weight excluding hydrogens is 290 g/mol. The van der Waals surface area contributed by atoms with Gasteiger partial charge in [-0.25, -0.2) is 4.68 Å². The Bertz CT molecular complexity index is 481. The normalized spacial score (nSPS) is 25.2. The summed E-state index contributed by atoms with van der Waals surface area (Å²) < 4.78 is 6.94. The van der Waals surface area contributed by atoms with Crippen molar-refractivity contribution in [3.8, 4) is 0 Å². The van der Waals surface area contributed by atoms with Crippen molar-refractivity contribution in [1.29, 1.82) is 0 Å². The van der Waals surface area contributed by atoms with Gasteiger partial charge in [0.2, 0.25) is 5.16 Å². The molecular formula is C13H23N5O2S. The number of tetrazole rings is 1. The second-order valence-electron chi connectivity index (χ2n) is 5.25. The number of carbonyl (C=O) groups is 1. The second-order valence-corrected chi connectivity index (χ2v) is 6.32. The Morgan fingerprint density at radius 1 is 1.62 bits per heavy atom. The molecule has 0 amide bonds. The number of esters is 1. The zero-order chi connectivity index (χ0) is 15.3. The van der Waals surface area contributed by atoms with Crippen LogP contribution in [0.4, 0.5) is 0 Å². The van der Waals surface area contributed by atoms with E-state index in [1.165, 1.54) is 0 Å². The minimum atomic E-state index is -0.519. The van der Waals surface area contributed by atoms with E-state index in [0.29, 0.717) is 12.5 Å². The molecule has 21 heavy (non-hydrogen) atoms. The number of hydrogen-bond acceptors (Lipinski definition) is 7. The molecule has 1 aromatic heterocycles. The van der Waals surface area contributed by atoms with Crippen LogP contribution < -0.4 is 5.32 Å². The first-order valence-electron chi connectivity index (χ1n) is 7.35. The van der Waals surface area contributed by atoms with E-state index in [-0.39, 0.29) is 5.97 Å². The molecule has 1 heterocycles. The fourth-order valence-electron chi connectivity index (χ4n) is 3.06. The van der Waals surface area contributed by atoms with Gasteiger partial charge in [0, 0.05) is 12.8 Å². The van der Waals surface area contributed by atoms with Crippen LogP contribution >= 0.6 is 11.8 Å². The third kappa shape index (κ3) is 3.37. The Hall–Kier alpha value is -1.15. The first kappa shape index (κ1) is 16.2. The summed E-state index contributed by atoms with van der Waals surface area (Å²) in [7, 11) is 3.68. The molecule has 0 bridgehead atoms. The Balaban J connectivity index is 1.94. The standard InChI is InChI=1S/C13H23N5O2S/c1-4-20-11(19)13(14-2)8-5-6-10(13)7-9-21-12-15-16-17-18(12)3/h10,14H,4-9H2,1-3H3. The van der Waals surface area contributed by atoms with Crippen molar-refractivity contribution in [1.82, 2.24) is 25.5 Å².